The maximum Gasteiger partial charge on any atom is 0.236 e. The van der Waals surface area contributed by atoms with E-state index in [1.165, 1.54) is 0 Å². The van der Waals surface area contributed by atoms with Gasteiger partial charge in [-0.3, -0.25) is 4.79 Å². The van der Waals surface area contributed by atoms with Crippen molar-refractivity contribution in [2.45, 2.75) is 38.6 Å². The fourth-order valence-electron chi connectivity index (χ4n) is 1.91. The third kappa shape index (κ3) is 4.68. The number of nitrogens with two attached hydrogens (primary N) is 1. The van der Waals surface area contributed by atoms with Gasteiger partial charge in [0, 0.05) is 22.5 Å². The van der Waals surface area contributed by atoms with E-state index in [1.807, 2.05) is 13.8 Å². The number of nitrogens with one attached hydrogen (secondary N) is 1. The Hall–Kier alpha value is -0.770. The van der Waals surface area contributed by atoms with Crippen molar-refractivity contribution in [3.63, 3.8) is 0 Å². The molecule has 0 radical (unpaired) electrons. The van der Waals surface area contributed by atoms with Crippen LogP contribution in [0.5, 0.6) is 0 Å². The van der Waals surface area contributed by atoms with E-state index >= 15 is 0 Å². The summed E-state index contributed by atoms with van der Waals surface area (Å²) < 4.78 is 0. The Balaban J connectivity index is 2.61. The summed E-state index contributed by atoms with van der Waals surface area (Å²) in [6.07, 6.45) is 1.58. The van der Waals surface area contributed by atoms with Crippen molar-refractivity contribution in [2.24, 2.45) is 5.73 Å². The molecule has 0 aromatic heterocycles. The zero-order chi connectivity index (χ0) is 14.4. The van der Waals surface area contributed by atoms with Gasteiger partial charge in [0.05, 0.1) is 6.04 Å². The predicted molar refractivity (Wildman–Crippen MR) is 80.8 cm³/mol. The number of rotatable bonds is 6. The second kappa shape index (κ2) is 7.73. The van der Waals surface area contributed by atoms with E-state index in [1.54, 1.807) is 18.2 Å². The van der Waals surface area contributed by atoms with Crippen molar-refractivity contribution in [2.75, 3.05) is 6.54 Å². The highest BCUT2D eigenvalue weighted by Crippen LogP contribution is 2.30. The van der Waals surface area contributed by atoms with Gasteiger partial charge in [-0.1, -0.05) is 49.5 Å². The van der Waals surface area contributed by atoms with E-state index in [-0.39, 0.29) is 11.8 Å². The highest BCUT2D eigenvalue weighted by molar-refractivity contribution is 6.36. The molecule has 1 amide bonds. The van der Waals surface area contributed by atoms with Gasteiger partial charge in [0.2, 0.25) is 5.91 Å². The van der Waals surface area contributed by atoms with Gasteiger partial charge in [0.1, 0.15) is 0 Å². The van der Waals surface area contributed by atoms with E-state index in [2.05, 4.69) is 5.32 Å². The van der Waals surface area contributed by atoms with Crippen LogP contribution in [0, 0.1) is 0 Å². The highest BCUT2D eigenvalue weighted by Gasteiger charge is 2.17. The summed E-state index contributed by atoms with van der Waals surface area (Å²) in [5.74, 6) is -0.0872. The number of carbonyl (C=O) groups excluding carboxylic acids is 1. The monoisotopic (exact) mass is 302 g/mol. The fraction of sp³-hybridized carbons (Fsp3) is 0.500. The second-order valence-electron chi connectivity index (χ2n) is 4.68. The number of carbonyl (C=O) groups is 1. The summed E-state index contributed by atoms with van der Waals surface area (Å²) in [6.45, 7) is 4.44. The topological polar surface area (TPSA) is 55.1 Å². The number of halogens is 2. The third-order valence-corrected chi connectivity index (χ3v) is 3.67. The molecule has 0 saturated carbocycles. The lowest BCUT2D eigenvalue weighted by molar-refractivity contribution is -0.122. The molecule has 0 saturated heterocycles. The molecule has 3 nitrogen and oxygen atoms in total. The zero-order valence-corrected chi connectivity index (χ0v) is 12.8. The summed E-state index contributed by atoms with van der Waals surface area (Å²) in [5.41, 5.74) is 6.60. The van der Waals surface area contributed by atoms with Crippen molar-refractivity contribution in [3.05, 3.63) is 33.8 Å². The van der Waals surface area contributed by atoms with Crippen LogP contribution >= 0.6 is 23.2 Å². The summed E-state index contributed by atoms with van der Waals surface area (Å²) in [7, 11) is 0. The maximum atomic E-state index is 11.7. The predicted octanol–water partition coefficient (Wildman–Crippen LogP) is 3.34. The minimum Gasteiger partial charge on any atom is -0.354 e. The zero-order valence-electron chi connectivity index (χ0n) is 11.2. The van der Waals surface area contributed by atoms with Gasteiger partial charge in [-0.15, -0.1) is 0 Å². The van der Waals surface area contributed by atoms with Gasteiger partial charge in [0.15, 0.2) is 0 Å². The van der Waals surface area contributed by atoms with Crippen LogP contribution in [-0.2, 0) is 4.79 Å². The van der Waals surface area contributed by atoms with Crippen molar-refractivity contribution < 1.29 is 4.79 Å². The first-order valence-electron chi connectivity index (χ1n) is 6.44. The molecule has 0 heterocycles. The SMILES string of the molecule is CCCC(N)C(=O)NCC(C)c1c(Cl)cccc1Cl. The van der Waals surface area contributed by atoms with Crippen LogP contribution in [0.3, 0.4) is 0 Å². The van der Waals surface area contributed by atoms with Crippen LogP contribution in [0.15, 0.2) is 18.2 Å². The molecule has 19 heavy (non-hydrogen) atoms. The lowest BCUT2D eigenvalue weighted by atomic mass is 10.0. The lowest BCUT2D eigenvalue weighted by Crippen LogP contribution is -2.41. The molecular weight excluding hydrogens is 283 g/mol. The normalized spacial score (nSPS) is 13.9. The van der Waals surface area contributed by atoms with Gasteiger partial charge in [-0.25, -0.2) is 0 Å². The quantitative estimate of drug-likeness (QED) is 0.847. The Morgan fingerprint density at radius 2 is 1.95 bits per heavy atom. The van der Waals surface area contributed by atoms with Crippen molar-refractivity contribution in [1.82, 2.24) is 5.32 Å². The maximum absolute atomic E-state index is 11.7. The number of hydrogen-bond donors (Lipinski definition) is 2. The van der Waals surface area contributed by atoms with Crippen LogP contribution in [-0.4, -0.2) is 18.5 Å². The molecule has 0 aliphatic carbocycles. The highest BCUT2D eigenvalue weighted by atomic mass is 35.5. The molecule has 5 heteroatoms. The molecule has 1 aromatic carbocycles. The molecule has 106 valence electrons. The van der Waals surface area contributed by atoms with Crippen molar-refractivity contribution >= 4 is 29.1 Å². The Morgan fingerprint density at radius 1 is 1.37 bits per heavy atom. The third-order valence-electron chi connectivity index (χ3n) is 3.01. The average molecular weight is 303 g/mol. The van der Waals surface area contributed by atoms with Crippen molar-refractivity contribution in [1.29, 1.82) is 0 Å². The molecule has 3 N–H and O–H groups in total. The molecule has 2 atom stereocenters. The standard InChI is InChI=1S/C14H20Cl2N2O/c1-3-5-12(17)14(19)18-8-9(2)13-10(15)6-4-7-11(13)16/h4,6-7,9,12H,3,5,8,17H2,1-2H3,(H,18,19). The number of hydrogen-bond acceptors (Lipinski definition) is 2. The van der Waals surface area contributed by atoms with E-state index in [4.69, 9.17) is 28.9 Å². The van der Waals surface area contributed by atoms with Crippen LogP contribution in [0.4, 0.5) is 0 Å². The molecule has 0 aliphatic rings. The molecule has 1 rings (SSSR count). The Morgan fingerprint density at radius 3 is 2.47 bits per heavy atom. The molecule has 2 unspecified atom stereocenters. The second-order valence-corrected chi connectivity index (χ2v) is 5.49. The molecule has 0 fully saturated rings. The van der Waals surface area contributed by atoms with Crippen LogP contribution < -0.4 is 11.1 Å². The molecule has 0 spiro atoms. The summed E-state index contributed by atoms with van der Waals surface area (Å²) in [5, 5.41) is 4.07. The van der Waals surface area contributed by atoms with Gasteiger partial charge >= 0.3 is 0 Å². The van der Waals surface area contributed by atoms with E-state index in [0.29, 0.717) is 23.0 Å². The van der Waals surface area contributed by atoms with Gasteiger partial charge in [0.25, 0.3) is 0 Å². The van der Waals surface area contributed by atoms with Crippen LogP contribution in [0.25, 0.3) is 0 Å². The first kappa shape index (κ1) is 16.3. The van der Waals surface area contributed by atoms with Crippen molar-refractivity contribution in [3.8, 4) is 0 Å². The summed E-state index contributed by atoms with van der Waals surface area (Å²) in [6, 6.07) is 4.95. The first-order chi connectivity index (χ1) is 8.97. The first-order valence-corrected chi connectivity index (χ1v) is 7.20. The van der Waals surface area contributed by atoms with E-state index in [0.717, 1.165) is 12.0 Å². The van der Waals surface area contributed by atoms with Gasteiger partial charge in [-0.2, -0.15) is 0 Å². The molecular formula is C14H20Cl2N2O. The van der Waals surface area contributed by atoms with E-state index < -0.39 is 6.04 Å². The van der Waals surface area contributed by atoms with Crippen LogP contribution in [0.1, 0.15) is 38.2 Å². The number of benzene rings is 1. The number of amides is 1. The largest absolute Gasteiger partial charge is 0.354 e. The van der Waals surface area contributed by atoms with Crippen LogP contribution in [0.2, 0.25) is 10.0 Å². The Kier molecular flexibility index (Phi) is 6.63. The molecule has 0 bridgehead atoms. The minimum absolute atomic E-state index is 0.0407. The average Bonchev–Trinajstić information content (AvgIpc) is 2.36. The Bertz CT molecular complexity index is 417. The smallest absolute Gasteiger partial charge is 0.236 e. The minimum atomic E-state index is -0.445. The molecule has 1 aromatic rings. The Labute approximate surface area is 124 Å². The lowest BCUT2D eigenvalue weighted by Gasteiger charge is -2.17. The molecule has 0 aliphatic heterocycles. The summed E-state index contributed by atoms with van der Waals surface area (Å²) >= 11 is 12.3. The summed E-state index contributed by atoms with van der Waals surface area (Å²) in [4.78, 5) is 11.7. The van der Waals surface area contributed by atoms with Gasteiger partial charge < -0.3 is 11.1 Å². The fourth-order valence-corrected chi connectivity index (χ4v) is 2.68. The van der Waals surface area contributed by atoms with Gasteiger partial charge in [-0.05, 0) is 24.1 Å². The van der Waals surface area contributed by atoms with E-state index in [9.17, 15) is 4.79 Å².